The smallest absolute Gasteiger partial charge is 0.120 e. The Morgan fingerprint density at radius 3 is 2.75 bits per heavy atom. The third kappa shape index (κ3) is 4.33. The first kappa shape index (κ1) is 13.2. The number of hydrogen-bond donors (Lipinski definition) is 2. The molecular formula is C12H19NO2S. The normalized spacial score (nSPS) is 14.6. The van der Waals surface area contributed by atoms with E-state index in [0.29, 0.717) is 5.75 Å². The summed E-state index contributed by atoms with van der Waals surface area (Å²) in [4.78, 5) is 0. The molecule has 2 atom stereocenters. The maximum atomic E-state index is 10.9. The molecule has 90 valence electrons. The molecule has 0 aliphatic heterocycles. The highest BCUT2D eigenvalue weighted by molar-refractivity contribution is 7.84. The van der Waals surface area contributed by atoms with Gasteiger partial charge < -0.3 is 10.4 Å². The minimum atomic E-state index is -0.719. The van der Waals surface area contributed by atoms with Gasteiger partial charge in [0.1, 0.15) is 5.75 Å². The zero-order valence-electron chi connectivity index (χ0n) is 9.77. The first-order valence-electron chi connectivity index (χ1n) is 5.42. The van der Waals surface area contributed by atoms with Crippen molar-refractivity contribution < 1.29 is 9.32 Å². The fourth-order valence-corrected chi connectivity index (χ4v) is 2.11. The van der Waals surface area contributed by atoms with Gasteiger partial charge in [0, 0.05) is 34.4 Å². The van der Waals surface area contributed by atoms with Crippen LogP contribution in [0.3, 0.4) is 0 Å². The molecule has 1 rings (SSSR count). The molecule has 0 aliphatic carbocycles. The molecule has 2 N–H and O–H groups in total. The molecule has 0 amide bonds. The first-order valence-corrected chi connectivity index (χ1v) is 7.15. The van der Waals surface area contributed by atoms with Crippen molar-refractivity contribution in [2.24, 2.45) is 0 Å². The summed E-state index contributed by atoms with van der Waals surface area (Å²) in [6.07, 6.45) is 2.60. The van der Waals surface area contributed by atoms with E-state index in [1.807, 2.05) is 25.1 Å². The Labute approximate surface area is 99.3 Å². The number of phenols is 1. The quantitative estimate of drug-likeness (QED) is 0.747. The molecule has 0 aliphatic rings. The molecule has 0 heterocycles. The minimum absolute atomic E-state index is 0.117. The van der Waals surface area contributed by atoms with Gasteiger partial charge in [-0.1, -0.05) is 18.2 Å². The SMILES string of the molecule is CC(NCCCS(C)=O)c1ccccc1O. The fourth-order valence-electron chi connectivity index (χ4n) is 1.56. The number of para-hydroxylation sites is 1. The predicted molar refractivity (Wildman–Crippen MR) is 68.1 cm³/mol. The van der Waals surface area contributed by atoms with Crippen molar-refractivity contribution in [3.63, 3.8) is 0 Å². The van der Waals surface area contributed by atoms with Crippen LogP contribution >= 0.6 is 0 Å². The number of aromatic hydroxyl groups is 1. The van der Waals surface area contributed by atoms with Crippen LogP contribution in [-0.4, -0.2) is 27.9 Å². The lowest BCUT2D eigenvalue weighted by Crippen LogP contribution is -2.21. The van der Waals surface area contributed by atoms with Crippen LogP contribution in [-0.2, 0) is 10.8 Å². The van der Waals surface area contributed by atoms with Gasteiger partial charge in [-0.15, -0.1) is 0 Å². The van der Waals surface area contributed by atoms with Crippen LogP contribution in [0.4, 0.5) is 0 Å². The van der Waals surface area contributed by atoms with Crippen molar-refractivity contribution in [1.82, 2.24) is 5.32 Å². The van der Waals surface area contributed by atoms with Crippen LogP contribution in [0.5, 0.6) is 5.75 Å². The van der Waals surface area contributed by atoms with Crippen LogP contribution in [0.2, 0.25) is 0 Å². The summed E-state index contributed by atoms with van der Waals surface area (Å²) < 4.78 is 10.9. The number of phenolic OH excluding ortho intramolecular Hbond substituents is 1. The van der Waals surface area contributed by atoms with Crippen molar-refractivity contribution in [2.45, 2.75) is 19.4 Å². The molecule has 1 aromatic carbocycles. The van der Waals surface area contributed by atoms with Gasteiger partial charge in [-0.2, -0.15) is 0 Å². The van der Waals surface area contributed by atoms with Gasteiger partial charge >= 0.3 is 0 Å². The van der Waals surface area contributed by atoms with Crippen LogP contribution < -0.4 is 5.32 Å². The molecule has 0 saturated heterocycles. The molecule has 0 radical (unpaired) electrons. The second-order valence-corrected chi connectivity index (χ2v) is 5.42. The van der Waals surface area contributed by atoms with Gasteiger partial charge in [0.05, 0.1) is 0 Å². The largest absolute Gasteiger partial charge is 0.508 e. The van der Waals surface area contributed by atoms with Crippen molar-refractivity contribution in [2.75, 3.05) is 18.6 Å². The summed E-state index contributed by atoms with van der Waals surface area (Å²) >= 11 is 0. The van der Waals surface area contributed by atoms with Crippen molar-refractivity contribution >= 4 is 10.8 Å². The lowest BCUT2D eigenvalue weighted by atomic mass is 10.1. The Balaban J connectivity index is 2.38. The zero-order valence-corrected chi connectivity index (χ0v) is 10.6. The van der Waals surface area contributed by atoms with Crippen LogP contribution in [0.15, 0.2) is 24.3 Å². The maximum Gasteiger partial charge on any atom is 0.120 e. The number of hydrogen-bond acceptors (Lipinski definition) is 3. The van der Waals surface area contributed by atoms with Gasteiger partial charge in [0.25, 0.3) is 0 Å². The monoisotopic (exact) mass is 241 g/mol. The molecule has 4 heteroatoms. The molecular weight excluding hydrogens is 222 g/mol. The van der Waals surface area contributed by atoms with Gasteiger partial charge in [0.2, 0.25) is 0 Å². The summed E-state index contributed by atoms with van der Waals surface area (Å²) in [5, 5.41) is 12.9. The summed E-state index contributed by atoms with van der Waals surface area (Å²) in [6.45, 7) is 2.83. The average Bonchev–Trinajstić information content (AvgIpc) is 2.24. The third-order valence-corrected chi connectivity index (χ3v) is 3.33. The van der Waals surface area contributed by atoms with Gasteiger partial charge in [-0.25, -0.2) is 0 Å². The predicted octanol–water partition coefficient (Wildman–Crippen LogP) is 1.81. The Bertz CT molecular complexity index is 355. The highest BCUT2D eigenvalue weighted by Crippen LogP contribution is 2.22. The van der Waals surface area contributed by atoms with E-state index >= 15 is 0 Å². The molecule has 0 bridgehead atoms. The van der Waals surface area contributed by atoms with Gasteiger partial charge in [0.15, 0.2) is 0 Å². The molecule has 2 unspecified atom stereocenters. The lowest BCUT2D eigenvalue weighted by molar-refractivity contribution is 0.452. The maximum absolute atomic E-state index is 10.9. The minimum Gasteiger partial charge on any atom is -0.508 e. The van der Waals surface area contributed by atoms with E-state index in [0.717, 1.165) is 24.3 Å². The van der Waals surface area contributed by atoms with Crippen molar-refractivity contribution in [1.29, 1.82) is 0 Å². The Hall–Kier alpha value is -0.870. The van der Waals surface area contributed by atoms with E-state index in [2.05, 4.69) is 5.32 Å². The molecule has 0 fully saturated rings. The van der Waals surface area contributed by atoms with Crippen LogP contribution in [0, 0.1) is 0 Å². The Kier molecular flexibility index (Phi) is 5.49. The average molecular weight is 241 g/mol. The molecule has 16 heavy (non-hydrogen) atoms. The summed E-state index contributed by atoms with van der Waals surface area (Å²) in [5.74, 6) is 1.04. The molecule has 1 aromatic rings. The number of rotatable bonds is 6. The van der Waals surface area contributed by atoms with Crippen LogP contribution in [0.1, 0.15) is 24.9 Å². The first-order chi connectivity index (χ1) is 7.61. The third-order valence-electron chi connectivity index (χ3n) is 2.46. The van der Waals surface area contributed by atoms with Crippen LogP contribution in [0.25, 0.3) is 0 Å². The second-order valence-electron chi connectivity index (χ2n) is 3.87. The van der Waals surface area contributed by atoms with Crippen molar-refractivity contribution in [3.05, 3.63) is 29.8 Å². The van der Waals surface area contributed by atoms with E-state index in [9.17, 15) is 9.32 Å². The van der Waals surface area contributed by atoms with Gasteiger partial charge in [-0.05, 0) is 26.0 Å². The topological polar surface area (TPSA) is 49.3 Å². The summed E-state index contributed by atoms with van der Waals surface area (Å²) in [5.41, 5.74) is 0.903. The summed E-state index contributed by atoms with van der Waals surface area (Å²) in [6, 6.07) is 7.44. The zero-order chi connectivity index (χ0) is 12.0. The molecule has 3 nitrogen and oxygen atoms in total. The second kappa shape index (κ2) is 6.66. The fraction of sp³-hybridized carbons (Fsp3) is 0.500. The van der Waals surface area contributed by atoms with E-state index < -0.39 is 10.8 Å². The van der Waals surface area contributed by atoms with E-state index in [1.54, 1.807) is 12.3 Å². The number of nitrogens with one attached hydrogen (secondary N) is 1. The standard InChI is InChI=1S/C12H19NO2S/c1-10(13-8-5-9-16(2)15)11-6-3-4-7-12(11)14/h3-4,6-7,10,13-14H,5,8-9H2,1-2H3. The van der Waals surface area contributed by atoms with Crippen molar-refractivity contribution in [3.8, 4) is 5.75 Å². The Morgan fingerprint density at radius 1 is 1.44 bits per heavy atom. The van der Waals surface area contributed by atoms with Gasteiger partial charge in [-0.3, -0.25) is 4.21 Å². The van der Waals surface area contributed by atoms with E-state index in [-0.39, 0.29) is 6.04 Å². The molecule has 0 saturated carbocycles. The van der Waals surface area contributed by atoms with E-state index in [4.69, 9.17) is 0 Å². The Morgan fingerprint density at radius 2 is 2.12 bits per heavy atom. The molecule has 0 spiro atoms. The highest BCUT2D eigenvalue weighted by atomic mass is 32.2. The summed E-state index contributed by atoms with van der Waals surface area (Å²) in [7, 11) is -0.719. The lowest BCUT2D eigenvalue weighted by Gasteiger charge is -2.15. The highest BCUT2D eigenvalue weighted by Gasteiger charge is 2.08. The number of benzene rings is 1. The van der Waals surface area contributed by atoms with E-state index in [1.165, 1.54) is 0 Å². The molecule has 0 aromatic heterocycles.